The largest absolute Gasteiger partial charge is 0.507 e. The minimum atomic E-state index is -2.23. The molecule has 0 saturated carbocycles. The smallest absolute Gasteiger partial charge is 0.202 e. The molecule has 6 atom stereocenters. The molecule has 2 aromatic rings. The van der Waals surface area contributed by atoms with Gasteiger partial charge in [-0.25, -0.2) is 0 Å². The highest BCUT2D eigenvalue weighted by Crippen LogP contribution is 2.52. The fourth-order valence-corrected chi connectivity index (χ4v) is 6.21. The van der Waals surface area contributed by atoms with E-state index in [4.69, 9.17) is 14.2 Å². The Morgan fingerprint density at radius 3 is 2.44 bits per heavy atom. The lowest BCUT2D eigenvalue weighted by Crippen LogP contribution is -2.54. The van der Waals surface area contributed by atoms with E-state index in [9.17, 15) is 39.9 Å². The minimum Gasteiger partial charge on any atom is -0.507 e. The molecule has 1 heterocycles. The van der Waals surface area contributed by atoms with Crippen LogP contribution in [0.4, 0.5) is 0 Å². The van der Waals surface area contributed by atoms with Crippen molar-refractivity contribution in [2.24, 2.45) is 0 Å². The molecule has 0 bridgehead atoms. The van der Waals surface area contributed by atoms with E-state index < -0.39 is 89.6 Å². The lowest BCUT2D eigenvalue weighted by atomic mass is 9.72. The second kappa shape index (κ2) is 10.5. The summed E-state index contributed by atoms with van der Waals surface area (Å²) in [5, 5.41) is 54.5. The number of ketones is 3. The van der Waals surface area contributed by atoms with Gasteiger partial charge in [0, 0.05) is 42.0 Å². The predicted molar refractivity (Wildman–Crippen MR) is 141 cm³/mol. The van der Waals surface area contributed by atoms with Gasteiger partial charge in [0.05, 0.1) is 42.1 Å². The van der Waals surface area contributed by atoms with Gasteiger partial charge in [-0.1, -0.05) is 12.1 Å². The van der Waals surface area contributed by atoms with Crippen LogP contribution in [0.25, 0.3) is 0 Å². The van der Waals surface area contributed by atoms with Crippen molar-refractivity contribution in [2.45, 2.75) is 62.4 Å². The van der Waals surface area contributed by atoms with E-state index in [-0.39, 0.29) is 40.5 Å². The van der Waals surface area contributed by atoms with Gasteiger partial charge in [-0.05, 0) is 27.1 Å². The molecule has 0 radical (unpaired) electrons. The van der Waals surface area contributed by atoms with Gasteiger partial charge >= 0.3 is 0 Å². The summed E-state index contributed by atoms with van der Waals surface area (Å²) in [4.78, 5) is 41.8. The van der Waals surface area contributed by atoms with Crippen LogP contribution in [0.2, 0.25) is 0 Å². The summed E-state index contributed by atoms with van der Waals surface area (Å²) in [5.74, 6) is -3.68. The first-order valence-electron chi connectivity index (χ1n) is 13.2. The molecule has 1 saturated heterocycles. The Morgan fingerprint density at radius 2 is 1.80 bits per heavy atom. The summed E-state index contributed by atoms with van der Waals surface area (Å²) in [6.45, 7) is 0.651. The van der Waals surface area contributed by atoms with E-state index >= 15 is 0 Å². The lowest BCUT2D eigenvalue weighted by Gasteiger charge is -2.44. The van der Waals surface area contributed by atoms with Gasteiger partial charge in [0.25, 0.3) is 0 Å². The molecule has 0 spiro atoms. The van der Waals surface area contributed by atoms with Crippen molar-refractivity contribution in [3.05, 3.63) is 51.6 Å². The molecular weight excluding hydrogens is 538 g/mol. The van der Waals surface area contributed by atoms with Crippen LogP contribution in [0.3, 0.4) is 0 Å². The first-order valence-corrected chi connectivity index (χ1v) is 13.2. The van der Waals surface area contributed by atoms with Crippen LogP contribution in [-0.4, -0.2) is 106 Å². The molecule has 2 aromatic carbocycles. The maximum absolute atomic E-state index is 13.7. The highest BCUT2D eigenvalue weighted by atomic mass is 16.7. The zero-order valence-electron chi connectivity index (χ0n) is 23.1. The van der Waals surface area contributed by atoms with E-state index in [1.807, 2.05) is 0 Å². The van der Waals surface area contributed by atoms with Crippen LogP contribution in [-0.2, 0) is 20.7 Å². The zero-order chi connectivity index (χ0) is 30.0. The first kappa shape index (κ1) is 29.1. The Labute approximate surface area is 235 Å². The molecule has 2 aliphatic carbocycles. The minimum absolute atomic E-state index is 0.0420. The maximum Gasteiger partial charge on any atom is 0.202 e. The summed E-state index contributed by atoms with van der Waals surface area (Å²) in [6, 6.07) is 4.02. The number of nitrogens with zero attached hydrogens (tertiary/aromatic N) is 1. The lowest BCUT2D eigenvalue weighted by molar-refractivity contribution is -0.256. The summed E-state index contributed by atoms with van der Waals surface area (Å²) in [7, 11) is 4.89. The van der Waals surface area contributed by atoms with Crippen LogP contribution < -0.4 is 4.74 Å². The molecule has 0 unspecified atom stereocenters. The number of methoxy groups -OCH3 is 1. The number of rotatable bonds is 6. The Hall–Kier alpha value is -3.39. The van der Waals surface area contributed by atoms with Gasteiger partial charge in [0.15, 0.2) is 17.9 Å². The van der Waals surface area contributed by atoms with Gasteiger partial charge in [-0.15, -0.1) is 0 Å². The number of likely N-dealkylation sites (N-methyl/N-ethyl adjacent to an activating group) is 1. The summed E-state index contributed by atoms with van der Waals surface area (Å²) in [5.41, 5.74) is -3.51. The van der Waals surface area contributed by atoms with E-state index in [0.717, 1.165) is 0 Å². The van der Waals surface area contributed by atoms with Crippen molar-refractivity contribution in [1.82, 2.24) is 4.90 Å². The zero-order valence-corrected chi connectivity index (χ0v) is 23.1. The number of benzene rings is 2. The number of phenolic OH excluding ortho intramolecular Hbond substituents is 2. The number of Topliss-reactive ketones (excluding diaryl/α,β-unsaturated/α-hetero) is 1. The normalized spacial score (nSPS) is 29.1. The Morgan fingerprint density at radius 1 is 1.12 bits per heavy atom. The molecule has 0 aromatic heterocycles. The van der Waals surface area contributed by atoms with Crippen LogP contribution in [0.15, 0.2) is 18.2 Å². The molecule has 12 nitrogen and oxygen atoms in total. The topological polar surface area (TPSA) is 183 Å². The fraction of sp³-hybridized carbons (Fsp3) is 0.483. The molecular formula is C29H33NO11. The highest BCUT2D eigenvalue weighted by molar-refractivity contribution is 6.31. The maximum atomic E-state index is 13.7. The van der Waals surface area contributed by atoms with Gasteiger partial charge in [-0.2, -0.15) is 0 Å². The van der Waals surface area contributed by atoms with E-state index in [0.29, 0.717) is 0 Å². The number of aliphatic hydroxyl groups is 3. The van der Waals surface area contributed by atoms with Gasteiger partial charge in [0.1, 0.15) is 29.5 Å². The molecule has 5 rings (SSSR count). The number of phenols is 2. The molecule has 220 valence electrons. The van der Waals surface area contributed by atoms with Crippen LogP contribution in [0.1, 0.15) is 68.8 Å². The van der Waals surface area contributed by atoms with Crippen LogP contribution in [0.5, 0.6) is 17.2 Å². The molecule has 1 aliphatic heterocycles. The van der Waals surface area contributed by atoms with E-state index in [2.05, 4.69) is 0 Å². The average Bonchev–Trinajstić information content (AvgIpc) is 2.94. The number of fused-ring (bicyclic) bond motifs is 3. The SMILES string of the molecule is COc1cccc2c1C(=O)c1c(O)c3c(c(O)c1C2=O)C[C@@](O)(C(=O)CO)C[C@H]3O[C@H]1C[C@@H](N(C)C)[C@@H](O)[C@H](C)O1. The Kier molecular flexibility index (Phi) is 7.43. The second-order valence-electron chi connectivity index (χ2n) is 11.0. The number of carbonyl (C=O) groups is 3. The number of aromatic hydroxyl groups is 2. The third-order valence-electron chi connectivity index (χ3n) is 8.39. The molecule has 41 heavy (non-hydrogen) atoms. The molecule has 5 N–H and O–H groups in total. The second-order valence-corrected chi connectivity index (χ2v) is 11.0. The Bertz CT molecular complexity index is 1440. The predicted octanol–water partition coefficient (Wildman–Crippen LogP) is 0.604. The fourth-order valence-electron chi connectivity index (χ4n) is 6.21. The van der Waals surface area contributed by atoms with Gasteiger partial charge in [-0.3, -0.25) is 14.4 Å². The molecule has 12 heteroatoms. The Balaban J connectivity index is 1.67. The van der Waals surface area contributed by atoms with Crippen LogP contribution in [0, 0.1) is 0 Å². The van der Waals surface area contributed by atoms with Gasteiger partial charge < -0.3 is 44.6 Å². The van der Waals surface area contributed by atoms with Crippen molar-refractivity contribution >= 4 is 17.3 Å². The number of ether oxygens (including phenoxy) is 3. The van der Waals surface area contributed by atoms with Crippen molar-refractivity contribution < 1.29 is 54.1 Å². The third-order valence-corrected chi connectivity index (χ3v) is 8.39. The summed E-state index contributed by atoms with van der Waals surface area (Å²) in [6.07, 6.45) is -4.61. The number of carbonyl (C=O) groups excluding carboxylic acids is 3. The van der Waals surface area contributed by atoms with Crippen molar-refractivity contribution in [3.8, 4) is 17.2 Å². The van der Waals surface area contributed by atoms with Crippen LogP contribution >= 0.6 is 0 Å². The summed E-state index contributed by atoms with van der Waals surface area (Å²) >= 11 is 0. The monoisotopic (exact) mass is 571 g/mol. The third kappa shape index (κ3) is 4.51. The number of aliphatic hydroxyl groups excluding tert-OH is 2. The van der Waals surface area contributed by atoms with E-state index in [1.165, 1.54) is 25.3 Å². The van der Waals surface area contributed by atoms with Crippen molar-refractivity contribution in [1.29, 1.82) is 0 Å². The standard InChI is InChI=1S/C29H33NO11/c1-12-24(33)15(30(2)3)8-19(40-12)41-17-10-29(38,18(32)11-31)9-14-21(17)28(37)23-22(26(14)35)25(34)13-6-5-7-16(39-4)20(13)27(23)36/h5-7,12,15,17,19,24,31,33,35,37-38H,8-11H2,1-4H3/t12-,15+,17+,19-,24-,29-/m0/s1. The first-order chi connectivity index (χ1) is 19.3. The quantitative estimate of drug-likeness (QED) is 0.260. The molecule has 1 fully saturated rings. The summed E-state index contributed by atoms with van der Waals surface area (Å²) < 4.78 is 17.3. The van der Waals surface area contributed by atoms with Gasteiger partial charge in [0.2, 0.25) is 5.78 Å². The molecule has 3 aliphatic rings. The van der Waals surface area contributed by atoms with Crippen molar-refractivity contribution in [2.75, 3.05) is 27.8 Å². The number of hydrogen-bond acceptors (Lipinski definition) is 12. The molecule has 0 amide bonds. The number of hydrogen-bond donors (Lipinski definition) is 5. The average molecular weight is 572 g/mol. The van der Waals surface area contributed by atoms with E-state index in [1.54, 1.807) is 25.9 Å². The highest BCUT2D eigenvalue weighted by Gasteiger charge is 2.50. The van der Waals surface area contributed by atoms with Crippen molar-refractivity contribution in [3.63, 3.8) is 0 Å².